The van der Waals surface area contributed by atoms with Crippen LogP contribution in [-0.2, 0) is 19.6 Å². The van der Waals surface area contributed by atoms with E-state index in [1.807, 2.05) is 20.8 Å². The summed E-state index contributed by atoms with van der Waals surface area (Å²) < 4.78 is 28.4. The third kappa shape index (κ3) is 4.83. The Morgan fingerprint density at radius 3 is 2.54 bits per heavy atom. The molecule has 2 fully saturated rings. The van der Waals surface area contributed by atoms with Crippen molar-refractivity contribution in [2.24, 2.45) is 5.14 Å². The van der Waals surface area contributed by atoms with Crippen molar-refractivity contribution >= 4 is 22.0 Å². The summed E-state index contributed by atoms with van der Waals surface area (Å²) in [7, 11) is -3.73. The standard InChI is InChI=1S/C15H27N3O5S/c1-15(2,3)23-14(20)18-7-5-4-6-11(18)9-17-10-12(8-13(17)19)24(16,21)22/h11-12H,4-10H2,1-3H3,(H2,16,21,22). The van der Waals surface area contributed by atoms with Gasteiger partial charge in [0.1, 0.15) is 10.9 Å². The van der Waals surface area contributed by atoms with E-state index < -0.39 is 20.9 Å². The van der Waals surface area contributed by atoms with Gasteiger partial charge in [0.05, 0.1) is 6.04 Å². The Kier molecular flexibility index (Phi) is 5.44. The van der Waals surface area contributed by atoms with Crippen molar-refractivity contribution in [3.05, 3.63) is 0 Å². The van der Waals surface area contributed by atoms with E-state index in [2.05, 4.69) is 0 Å². The van der Waals surface area contributed by atoms with Crippen molar-refractivity contribution in [3.63, 3.8) is 0 Å². The van der Waals surface area contributed by atoms with Crippen LogP contribution in [0.1, 0.15) is 46.5 Å². The minimum atomic E-state index is -3.73. The smallest absolute Gasteiger partial charge is 0.410 e. The molecule has 2 aliphatic heterocycles. The Bertz CT molecular complexity index is 599. The van der Waals surface area contributed by atoms with Crippen LogP contribution in [0, 0.1) is 0 Å². The minimum Gasteiger partial charge on any atom is -0.444 e. The molecule has 0 aromatic heterocycles. The average Bonchev–Trinajstić information content (AvgIpc) is 2.79. The summed E-state index contributed by atoms with van der Waals surface area (Å²) in [5.74, 6) is -0.233. The number of carbonyl (C=O) groups is 2. The highest BCUT2D eigenvalue weighted by Gasteiger charge is 2.39. The number of nitrogens with two attached hydrogens (primary N) is 1. The molecular weight excluding hydrogens is 334 g/mol. The van der Waals surface area contributed by atoms with E-state index in [0.717, 1.165) is 19.3 Å². The topological polar surface area (TPSA) is 110 Å². The van der Waals surface area contributed by atoms with E-state index in [-0.39, 0.29) is 31.0 Å². The fourth-order valence-electron chi connectivity index (χ4n) is 3.14. The van der Waals surface area contributed by atoms with Crippen molar-refractivity contribution in [3.8, 4) is 0 Å². The molecule has 2 N–H and O–H groups in total. The fraction of sp³-hybridized carbons (Fsp3) is 0.867. The maximum atomic E-state index is 12.4. The van der Waals surface area contributed by atoms with E-state index in [1.165, 1.54) is 4.90 Å². The van der Waals surface area contributed by atoms with E-state index in [1.54, 1.807) is 4.90 Å². The normalized spacial score (nSPS) is 25.9. The summed E-state index contributed by atoms with van der Waals surface area (Å²) in [5.41, 5.74) is -0.582. The first kappa shape index (κ1) is 19.0. The largest absolute Gasteiger partial charge is 0.444 e. The number of nitrogens with zero attached hydrogens (tertiary/aromatic N) is 2. The third-order valence-electron chi connectivity index (χ3n) is 4.33. The van der Waals surface area contributed by atoms with Crippen molar-refractivity contribution in [2.45, 2.75) is 63.3 Å². The molecule has 138 valence electrons. The second-order valence-corrected chi connectivity index (χ2v) is 9.38. The number of piperidine rings is 1. The molecule has 24 heavy (non-hydrogen) atoms. The summed E-state index contributed by atoms with van der Waals surface area (Å²) in [6.07, 6.45) is 2.15. The molecule has 0 spiro atoms. The van der Waals surface area contributed by atoms with Gasteiger partial charge >= 0.3 is 6.09 Å². The highest BCUT2D eigenvalue weighted by Crippen LogP contribution is 2.24. The number of likely N-dealkylation sites (tertiary alicyclic amines) is 2. The van der Waals surface area contributed by atoms with Crippen LogP contribution >= 0.6 is 0 Å². The Morgan fingerprint density at radius 1 is 1.33 bits per heavy atom. The van der Waals surface area contributed by atoms with Gasteiger partial charge in [-0.1, -0.05) is 0 Å². The lowest BCUT2D eigenvalue weighted by Gasteiger charge is -2.38. The molecule has 2 amide bonds. The molecule has 2 unspecified atom stereocenters. The highest BCUT2D eigenvalue weighted by molar-refractivity contribution is 7.89. The quantitative estimate of drug-likeness (QED) is 0.794. The zero-order chi connectivity index (χ0) is 18.1. The molecule has 8 nitrogen and oxygen atoms in total. The molecule has 0 aromatic rings. The lowest BCUT2D eigenvalue weighted by atomic mass is 10.0. The van der Waals surface area contributed by atoms with Crippen LogP contribution in [-0.4, -0.2) is 66.7 Å². The van der Waals surface area contributed by atoms with Crippen LogP contribution in [0.3, 0.4) is 0 Å². The Morgan fingerprint density at radius 2 is 2.00 bits per heavy atom. The zero-order valence-electron chi connectivity index (χ0n) is 14.5. The Balaban J connectivity index is 2.04. The second-order valence-electron chi connectivity index (χ2n) is 7.54. The number of ether oxygens (including phenoxy) is 1. The second kappa shape index (κ2) is 6.87. The van der Waals surface area contributed by atoms with Gasteiger partial charge in [-0.3, -0.25) is 4.79 Å². The maximum Gasteiger partial charge on any atom is 0.410 e. The highest BCUT2D eigenvalue weighted by atomic mass is 32.2. The number of sulfonamides is 1. The average molecular weight is 361 g/mol. The summed E-state index contributed by atoms with van der Waals surface area (Å²) in [4.78, 5) is 27.6. The molecule has 2 saturated heterocycles. The summed E-state index contributed by atoms with van der Waals surface area (Å²) in [6, 6.07) is -0.156. The van der Waals surface area contributed by atoms with Gasteiger partial charge in [-0.2, -0.15) is 0 Å². The van der Waals surface area contributed by atoms with Crippen LogP contribution in [0.5, 0.6) is 0 Å². The van der Waals surface area contributed by atoms with Crippen molar-refractivity contribution in [1.82, 2.24) is 9.80 Å². The molecule has 2 aliphatic rings. The molecule has 0 aromatic carbocycles. The first-order chi connectivity index (χ1) is 11.0. The van der Waals surface area contributed by atoms with E-state index in [0.29, 0.717) is 13.1 Å². The minimum absolute atomic E-state index is 0.0853. The lowest BCUT2D eigenvalue weighted by Crippen LogP contribution is -2.51. The van der Waals surface area contributed by atoms with Gasteiger partial charge in [-0.15, -0.1) is 0 Å². The van der Waals surface area contributed by atoms with E-state index >= 15 is 0 Å². The van der Waals surface area contributed by atoms with Gasteiger partial charge < -0.3 is 14.5 Å². The predicted molar refractivity (Wildman–Crippen MR) is 88.7 cm³/mol. The molecule has 2 heterocycles. The summed E-state index contributed by atoms with van der Waals surface area (Å²) in [5, 5.41) is 4.29. The van der Waals surface area contributed by atoms with Crippen LogP contribution in [0.15, 0.2) is 0 Å². The van der Waals surface area contributed by atoms with Gasteiger partial charge in [0.15, 0.2) is 0 Å². The van der Waals surface area contributed by atoms with E-state index in [4.69, 9.17) is 9.88 Å². The predicted octanol–water partition coefficient (Wildman–Crippen LogP) is 0.665. The zero-order valence-corrected chi connectivity index (χ0v) is 15.3. The number of primary sulfonamides is 1. The SMILES string of the molecule is CC(C)(C)OC(=O)N1CCCCC1CN1CC(S(N)(=O)=O)CC1=O. The number of carbonyl (C=O) groups excluding carboxylic acids is 2. The van der Waals surface area contributed by atoms with E-state index in [9.17, 15) is 18.0 Å². The van der Waals surface area contributed by atoms with Crippen molar-refractivity contribution in [1.29, 1.82) is 0 Å². The summed E-state index contributed by atoms with van der Waals surface area (Å²) >= 11 is 0. The van der Waals surface area contributed by atoms with Crippen molar-refractivity contribution < 1.29 is 22.7 Å². The van der Waals surface area contributed by atoms with Crippen LogP contribution in [0.25, 0.3) is 0 Å². The Hall–Kier alpha value is -1.35. The fourth-order valence-corrected chi connectivity index (χ4v) is 3.90. The van der Waals surface area contributed by atoms with Crippen LogP contribution in [0.2, 0.25) is 0 Å². The van der Waals surface area contributed by atoms with Gasteiger partial charge in [0.25, 0.3) is 0 Å². The lowest BCUT2D eigenvalue weighted by molar-refractivity contribution is -0.128. The molecule has 9 heteroatoms. The number of hydrogen-bond donors (Lipinski definition) is 1. The third-order valence-corrected chi connectivity index (χ3v) is 5.57. The molecule has 2 rings (SSSR count). The van der Waals surface area contributed by atoms with Gasteiger partial charge in [-0.05, 0) is 40.0 Å². The molecule has 2 atom stereocenters. The maximum absolute atomic E-state index is 12.4. The molecule has 0 saturated carbocycles. The summed E-state index contributed by atoms with van der Waals surface area (Å²) in [6.45, 7) is 6.43. The van der Waals surface area contributed by atoms with Gasteiger partial charge in [-0.25, -0.2) is 18.4 Å². The van der Waals surface area contributed by atoms with Gasteiger partial charge in [0.2, 0.25) is 15.9 Å². The number of rotatable bonds is 3. The molecule has 0 bridgehead atoms. The first-order valence-electron chi connectivity index (χ1n) is 8.26. The molecule has 0 radical (unpaired) electrons. The van der Waals surface area contributed by atoms with Crippen LogP contribution < -0.4 is 5.14 Å². The number of hydrogen-bond acceptors (Lipinski definition) is 5. The number of amides is 2. The molecule has 0 aliphatic carbocycles. The first-order valence-corrected chi connectivity index (χ1v) is 9.87. The van der Waals surface area contributed by atoms with Gasteiger partial charge in [0, 0.05) is 26.1 Å². The van der Waals surface area contributed by atoms with Crippen molar-refractivity contribution in [2.75, 3.05) is 19.6 Å². The monoisotopic (exact) mass is 361 g/mol. The Labute approximate surface area is 143 Å². The molecular formula is C15H27N3O5S. The van der Waals surface area contributed by atoms with Crippen LogP contribution in [0.4, 0.5) is 4.79 Å².